The van der Waals surface area contributed by atoms with Crippen molar-refractivity contribution in [3.05, 3.63) is 126 Å². The molecule has 0 heterocycles. The summed E-state index contributed by atoms with van der Waals surface area (Å²) in [4.78, 5) is 12.7. The van der Waals surface area contributed by atoms with Gasteiger partial charge in [-0.2, -0.15) is 0 Å². The predicted octanol–water partition coefficient (Wildman–Crippen LogP) is 4.19. The van der Waals surface area contributed by atoms with Crippen molar-refractivity contribution in [3.63, 3.8) is 0 Å². The van der Waals surface area contributed by atoms with Gasteiger partial charge in [-0.05, 0) is 0 Å². The van der Waals surface area contributed by atoms with Crippen LogP contribution in [0, 0.1) is 0 Å². The molecular weight excluding hydrogens is 485 g/mol. The van der Waals surface area contributed by atoms with Gasteiger partial charge in [0.2, 0.25) is 0 Å². The maximum absolute atomic E-state index is 12.7. The Morgan fingerprint density at radius 3 is 1.71 bits per heavy atom. The molecule has 0 radical (unpaired) electrons. The molecule has 0 aromatic heterocycles. The zero-order valence-corrected chi connectivity index (χ0v) is 23.9. The Morgan fingerprint density at radius 1 is 0.816 bits per heavy atom. The molecule has 0 saturated carbocycles. The number of rotatable bonds is 10. The van der Waals surface area contributed by atoms with Crippen LogP contribution in [0.1, 0.15) is 19.8 Å². The molecule has 0 saturated heterocycles. The SMILES string of the molecule is CNC1=C(C=CC(C)=CC[PH](c2ccccc2)(c2ccccc2)c2ccccc2)C(NC)(NC)CCC1=O. The second-order valence-electron chi connectivity index (χ2n) is 9.86. The third kappa shape index (κ3) is 5.44. The number of benzene rings is 3. The molecule has 4 rings (SSSR count). The van der Waals surface area contributed by atoms with Crippen LogP contribution >= 0.6 is 7.26 Å². The van der Waals surface area contributed by atoms with Crippen LogP contribution in [0.5, 0.6) is 0 Å². The van der Waals surface area contributed by atoms with E-state index in [9.17, 15) is 4.79 Å². The van der Waals surface area contributed by atoms with E-state index in [4.69, 9.17) is 0 Å². The first-order valence-corrected chi connectivity index (χ1v) is 15.6. The van der Waals surface area contributed by atoms with Gasteiger partial charge in [0.15, 0.2) is 0 Å². The van der Waals surface area contributed by atoms with Gasteiger partial charge in [0.1, 0.15) is 0 Å². The Balaban J connectivity index is 1.79. The van der Waals surface area contributed by atoms with Gasteiger partial charge in [-0.15, -0.1) is 0 Å². The van der Waals surface area contributed by atoms with Crippen LogP contribution in [-0.2, 0) is 4.79 Å². The Hall–Kier alpha value is -3.30. The minimum absolute atomic E-state index is 0.151. The molecule has 1 aliphatic rings. The zero-order valence-electron chi connectivity index (χ0n) is 22.9. The topological polar surface area (TPSA) is 53.2 Å². The summed E-state index contributed by atoms with van der Waals surface area (Å²) >= 11 is 0. The summed E-state index contributed by atoms with van der Waals surface area (Å²) in [6.45, 7) is 2.15. The fraction of sp³-hybridized carbons (Fsp3) is 0.242. The van der Waals surface area contributed by atoms with E-state index in [0.717, 1.165) is 11.7 Å². The number of likely N-dealkylation sites (N-methyl/N-ethyl adjacent to an activating group) is 3. The summed E-state index contributed by atoms with van der Waals surface area (Å²) in [5, 5.41) is 14.2. The molecule has 3 aromatic rings. The number of hydrogen-bond donors (Lipinski definition) is 3. The number of carbonyl (C=O) groups excluding carboxylic acids is 1. The van der Waals surface area contributed by atoms with Gasteiger partial charge in [-0.3, -0.25) is 0 Å². The van der Waals surface area contributed by atoms with E-state index >= 15 is 0 Å². The first kappa shape index (κ1) is 27.7. The summed E-state index contributed by atoms with van der Waals surface area (Å²) in [7, 11) is 3.36. The van der Waals surface area contributed by atoms with Gasteiger partial charge in [0.05, 0.1) is 0 Å². The van der Waals surface area contributed by atoms with E-state index in [0.29, 0.717) is 18.5 Å². The third-order valence-corrected chi connectivity index (χ3v) is 12.7. The van der Waals surface area contributed by atoms with Crippen LogP contribution < -0.4 is 31.9 Å². The van der Waals surface area contributed by atoms with Gasteiger partial charge in [-0.25, -0.2) is 0 Å². The number of hydrogen-bond acceptors (Lipinski definition) is 4. The average molecular weight is 526 g/mol. The molecule has 0 fully saturated rings. The average Bonchev–Trinajstić information content (AvgIpc) is 2.98. The van der Waals surface area contributed by atoms with Gasteiger partial charge in [0.25, 0.3) is 0 Å². The van der Waals surface area contributed by atoms with Crippen LogP contribution in [0.15, 0.2) is 126 Å². The third-order valence-electron chi connectivity index (χ3n) is 7.88. The quantitative estimate of drug-likeness (QED) is 0.211. The van der Waals surface area contributed by atoms with Crippen LogP contribution in [0.2, 0.25) is 0 Å². The molecule has 198 valence electrons. The Kier molecular flexibility index (Phi) is 9.12. The van der Waals surface area contributed by atoms with Crippen LogP contribution in [0.25, 0.3) is 0 Å². The molecule has 3 aromatic carbocycles. The molecule has 0 unspecified atom stereocenters. The Labute approximate surface area is 228 Å². The standard InChI is InChI=1S/C33H40N3OP/c1-26(20-21-30-32(34-2)31(37)22-24-33(30,35-3)36-4)23-25-38(27-14-8-5-9-15-27,28-16-10-6-11-17-28)29-18-12-7-13-19-29/h5-21,23,34-36,38H,22,24-25H2,1-4H3. The predicted molar refractivity (Wildman–Crippen MR) is 165 cm³/mol. The van der Waals surface area contributed by atoms with Crippen molar-refractivity contribution in [3.8, 4) is 0 Å². The molecule has 1 aliphatic carbocycles. The molecule has 38 heavy (non-hydrogen) atoms. The number of Topliss-reactive ketones (excluding diaryl/α,β-unsaturated/α-hetero) is 1. The molecule has 0 amide bonds. The molecular formula is C33H40N3OP. The fourth-order valence-electron chi connectivity index (χ4n) is 5.69. The van der Waals surface area contributed by atoms with E-state index in [1.807, 2.05) is 21.1 Å². The Bertz CT molecular complexity index is 1210. The summed E-state index contributed by atoms with van der Waals surface area (Å²) in [6, 6.07) is 32.9. The number of carbonyl (C=O) groups is 1. The number of ketones is 1. The van der Waals surface area contributed by atoms with Crippen molar-refractivity contribution in [1.29, 1.82) is 0 Å². The van der Waals surface area contributed by atoms with Crippen molar-refractivity contribution < 1.29 is 4.79 Å². The molecule has 3 N–H and O–H groups in total. The van der Waals surface area contributed by atoms with Gasteiger partial charge in [0, 0.05) is 0 Å². The molecule has 5 heteroatoms. The van der Waals surface area contributed by atoms with Gasteiger partial charge < -0.3 is 0 Å². The number of allylic oxidation sites excluding steroid dienone is 4. The zero-order chi connectivity index (χ0) is 27.0. The van der Waals surface area contributed by atoms with Crippen molar-refractivity contribution in [2.24, 2.45) is 0 Å². The normalized spacial score (nSPS) is 16.6. The van der Waals surface area contributed by atoms with E-state index in [1.165, 1.54) is 21.5 Å². The van der Waals surface area contributed by atoms with E-state index in [2.05, 4.69) is 132 Å². The van der Waals surface area contributed by atoms with E-state index in [1.54, 1.807) is 0 Å². The first-order chi connectivity index (χ1) is 18.5. The summed E-state index contributed by atoms with van der Waals surface area (Å²) in [5.74, 6) is 0.151. The number of nitrogens with one attached hydrogen (secondary N) is 3. The second-order valence-corrected chi connectivity index (χ2v) is 13.8. The van der Waals surface area contributed by atoms with Crippen LogP contribution in [-0.4, -0.2) is 38.8 Å². The second kappa shape index (κ2) is 12.5. The molecule has 0 atom stereocenters. The van der Waals surface area contributed by atoms with Crippen molar-refractivity contribution >= 4 is 29.0 Å². The maximum atomic E-state index is 12.7. The molecule has 0 spiro atoms. The fourth-order valence-corrected chi connectivity index (χ4v) is 10.3. The van der Waals surface area contributed by atoms with Gasteiger partial charge >= 0.3 is 229 Å². The van der Waals surface area contributed by atoms with E-state index < -0.39 is 12.9 Å². The first-order valence-electron chi connectivity index (χ1n) is 13.4. The van der Waals surface area contributed by atoms with E-state index in [-0.39, 0.29) is 5.78 Å². The van der Waals surface area contributed by atoms with Crippen LogP contribution in [0.3, 0.4) is 0 Å². The summed E-state index contributed by atoms with van der Waals surface area (Å²) in [5.41, 5.74) is 2.35. The summed E-state index contributed by atoms with van der Waals surface area (Å²) < 4.78 is 0. The van der Waals surface area contributed by atoms with Crippen molar-refractivity contribution in [2.45, 2.75) is 25.4 Å². The molecule has 0 aliphatic heterocycles. The van der Waals surface area contributed by atoms with Gasteiger partial charge in [-0.1, -0.05) is 0 Å². The van der Waals surface area contributed by atoms with Crippen LogP contribution in [0.4, 0.5) is 0 Å². The molecule has 0 bridgehead atoms. The molecule has 4 nitrogen and oxygen atoms in total. The minimum atomic E-state index is -2.34. The van der Waals surface area contributed by atoms with Crippen molar-refractivity contribution in [1.82, 2.24) is 16.0 Å². The summed E-state index contributed by atoms with van der Waals surface area (Å²) in [6.07, 6.45) is 8.76. The monoisotopic (exact) mass is 525 g/mol. The Morgan fingerprint density at radius 2 is 1.29 bits per heavy atom. The van der Waals surface area contributed by atoms with Crippen molar-refractivity contribution in [2.75, 3.05) is 27.3 Å².